The number of pyridine rings is 1. The summed E-state index contributed by atoms with van der Waals surface area (Å²) < 4.78 is 1.87. The molecule has 182 valence electrons. The third kappa shape index (κ3) is 5.58. The Morgan fingerprint density at radius 1 is 1.09 bits per heavy atom. The van der Waals surface area contributed by atoms with Crippen molar-refractivity contribution in [3.8, 4) is 11.3 Å². The first kappa shape index (κ1) is 24.6. The molecule has 0 bridgehead atoms. The van der Waals surface area contributed by atoms with E-state index in [-0.39, 0.29) is 18.0 Å². The van der Waals surface area contributed by atoms with Gasteiger partial charge >= 0.3 is 0 Å². The smallest absolute Gasteiger partial charge is 0.252 e. The average molecular weight is 471 g/mol. The molecule has 2 aromatic carbocycles. The Balaban J connectivity index is 1.74. The molecule has 0 radical (unpaired) electrons. The normalized spacial score (nSPS) is 12.4. The van der Waals surface area contributed by atoms with Crippen LogP contribution in [0.5, 0.6) is 0 Å². The Morgan fingerprint density at radius 2 is 1.86 bits per heavy atom. The number of nitrogens with two attached hydrogens (primary N) is 1. The van der Waals surface area contributed by atoms with Crippen molar-refractivity contribution in [3.05, 3.63) is 83.6 Å². The largest absolute Gasteiger partial charge is 0.345 e. The molecule has 2 aromatic heterocycles. The van der Waals surface area contributed by atoms with E-state index in [2.05, 4.69) is 48.3 Å². The van der Waals surface area contributed by atoms with Crippen LogP contribution in [0.4, 0.5) is 0 Å². The number of amides is 1. The van der Waals surface area contributed by atoms with Gasteiger partial charge in [-0.15, -0.1) is 0 Å². The number of fused-ring (bicyclic) bond motifs is 1. The Labute approximate surface area is 207 Å². The zero-order valence-electron chi connectivity index (χ0n) is 20.9. The van der Waals surface area contributed by atoms with Crippen LogP contribution in [-0.4, -0.2) is 45.7 Å². The summed E-state index contributed by atoms with van der Waals surface area (Å²) in [6.07, 6.45) is 1.74. The summed E-state index contributed by atoms with van der Waals surface area (Å²) in [6.45, 7) is 8.35. The van der Waals surface area contributed by atoms with Crippen LogP contribution in [0, 0.1) is 0 Å². The van der Waals surface area contributed by atoms with E-state index in [0.717, 1.165) is 35.3 Å². The zero-order chi connectivity index (χ0) is 24.9. The van der Waals surface area contributed by atoms with E-state index in [1.165, 1.54) is 5.56 Å². The van der Waals surface area contributed by atoms with Crippen molar-refractivity contribution in [3.63, 3.8) is 0 Å². The van der Waals surface area contributed by atoms with E-state index in [1.54, 1.807) is 6.20 Å². The van der Waals surface area contributed by atoms with Crippen LogP contribution in [-0.2, 0) is 6.54 Å². The molecule has 0 aliphatic heterocycles. The molecule has 0 aliphatic carbocycles. The number of benzene rings is 2. The second-order valence-electron chi connectivity index (χ2n) is 9.31. The van der Waals surface area contributed by atoms with Crippen molar-refractivity contribution in [2.45, 2.75) is 39.4 Å². The number of aromatic nitrogens is 3. The lowest BCUT2D eigenvalue weighted by molar-refractivity contribution is 0.0941. The maximum Gasteiger partial charge on any atom is 0.252 e. The Hall–Kier alpha value is -3.55. The van der Waals surface area contributed by atoms with E-state index in [1.807, 2.05) is 60.1 Å². The first-order chi connectivity index (χ1) is 16.9. The summed E-state index contributed by atoms with van der Waals surface area (Å²) in [4.78, 5) is 20.6. The molecule has 3 N–H and O–H groups in total. The second-order valence-corrected chi connectivity index (χ2v) is 9.31. The fourth-order valence-corrected chi connectivity index (χ4v) is 4.27. The van der Waals surface area contributed by atoms with Crippen molar-refractivity contribution >= 4 is 16.9 Å². The van der Waals surface area contributed by atoms with E-state index in [9.17, 15) is 4.79 Å². The van der Waals surface area contributed by atoms with Gasteiger partial charge in [-0.1, -0.05) is 48.5 Å². The van der Waals surface area contributed by atoms with Gasteiger partial charge in [0.1, 0.15) is 0 Å². The molecule has 7 nitrogen and oxygen atoms in total. The highest BCUT2D eigenvalue weighted by Gasteiger charge is 2.20. The highest BCUT2D eigenvalue weighted by molar-refractivity contribution is 6.06. The monoisotopic (exact) mass is 470 g/mol. The minimum atomic E-state index is -0.142. The summed E-state index contributed by atoms with van der Waals surface area (Å²) in [5.41, 5.74) is 10.9. The lowest BCUT2D eigenvalue weighted by Crippen LogP contribution is -2.27. The molecular formula is C28H34N6O. The van der Waals surface area contributed by atoms with Crippen LogP contribution in [0.15, 0.2) is 66.9 Å². The molecule has 0 saturated carbocycles. The molecule has 0 unspecified atom stereocenters. The van der Waals surface area contributed by atoms with Gasteiger partial charge in [-0.05, 0) is 51.1 Å². The Morgan fingerprint density at radius 3 is 2.57 bits per heavy atom. The Bertz CT molecular complexity index is 1300. The van der Waals surface area contributed by atoms with Crippen molar-refractivity contribution in [1.29, 1.82) is 0 Å². The van der Waals surface area contributed by atoms with E-state index >= 15 is 0 Å². The van der Waals surface area contributed by atoms with Crippen LogP contribution in [0.1, 0.15) is 54.3 Å². The molecule has 0 fully saturated rings. The SMILES string of the molecule is CC(C)n1ncc2c(C(=O)N[C@@H](C)c3ccccc3)cc(-c3cccc(CN(C)CCN)c3)nc21. The molecular weight excluding hydrogens is 436 g/mol. The topological polar surface area (TPSA) is 89.1 Å². The fourth-order valence-electron chi connectivity index (χ4n) is 4.27. The van der Waals surface area contributed by atoms with Gasteiger partial charge in [0, 0.05) is 31.2 Å². The minimum absolute atomic E-state index is 0.116. The van der Waals surface area contributed by atoms with Crippen molar-refractivity contribution < 1.29 is 4.79 Å². The van der Waals surface area contributed by atoms with Gasteiger partial charge in [-0.3, -0.25) is 4.79 Å². The maximum atomic E-state index is 13.5. The van der Waals surface area contributed by atoms with Gasteiger partial charge in [-0.25, -0.2) is 9.67 Å². The summed E-state index contributed by atoms with van der Waals surface area (Å²) in [5, 5.41) is 8.44. The predicted octanol–water partition coefficient (Wildman–Crippen LogP) is 4.56. The molecule has 35 heavy (non-hydrogen) atoms. The maximum absolute atomic E-state index is 13.5. The quantitative estimate of drug-likeness (QED) is 0.374. The molecule has 0 saturated heterocycles. The summed E-state index contributed by atoms with van der Waals surface area (Å²) >= 11 is 0. The number of carbonyl (C=O) groups excluding carboxylic acids is 1. The molecule has 4 aromatic rings. The van der Waals surface area contributed by atoms with Gasteiger partial charge in [-0.2, -0.15) is 5.10 Å². The van der Waals surface area contributed by atoms with Crippen LogP contribution in [0.2, 0.25) is 0 Å². The highest BCUT2D eigenvalue weighted by atomic mass is 16.1. The molecule has 0 spiro atoms. The van der Waals surface area contributed by atoms with Crippen molar-refractivity contribution in [1.82, 2.24) is 25.0 Å². The number of hydrogen-bond donors (Lipinski definition) is 2. The molecule has 2 heterocycles. The Kier molecular flexibility index (Phi) is 7.58. The lowest BCUT2D eigenvalue weighted by Gasteiger charge is -2.17. The lowest BCUT2D eigenvalue weighted by atomic mass is 10.0. The van der Waals surface area contributed by atoms with Crippen LogP contribution in [0.3, 0.4) is 0 Å². The minimum Gasteiger partial charge on any atom is -0.345 e. The van der Waals surface area contributed by atoms with Crippen LogP contribution in [0.25, 0.3) is 22.3 Å². The number of nitrogens with zero attached hydrogens (tertiary/aromatic N) is 4. The van der Waals surface area contributed by atoms with Crippen molar-refractivity contribution in [2.75, 3.05) is 20.1 Å². The standard InChI is InChI=1S/C28H34N6O/c1-19(2)34-27-25(17-30-34)24(28(35)31-20(3)22-10-6-5-7-11-22)16-26(32-27)23-12-8-9-21(15-23)18-33(4)14-13-29/h5-12,15-17,19-20H,13-14,18,29H2,1-4H3,(H,31,35)/t20-/m0/s1. The zero-order valence-corrected chi connectivity index (χ0v) is 20.9. The molecule has 0 aliphatic rings. The molecule has 4 rings (SSSR count). The number of nitrogens with one attached hydrogen (secondary N) is 1. The van der Waals surface area contributed by atoms with Crippen LogP contribution < -0.4 is 11.1 Å². The van der Waals surface area contributed by atoms with Gasteiger partial charge < -0.3 is 16.0 Å². The molecule has 1 amide bonds. The third-order valence-electron chi connectivity index (χ3n) is 6.13. The van der Waals surface area contributed by atoms with Gasteiger partial charge in [0.05, 0.1) is 28.9 Å². The summed E-state index contributed by atoms with van der Waals surface area (Å²) in [5.74, 6) is -0.142. The van der Waals surface area contributed by atoms with E-state index < -0.39 is 0 Å². The van der Waals surface area contributed by atoms with Crippen molar-refractivity contribution in [2.24, 2.45) is 5.73 Å². The van der Waals surface area contributed by atoms with Crippen LogP contribution >= 0.6 is 0 Å². The second kappa shape index (κ2) is 10.8. The molecule has 7 heteroatoms. The highest BCUT2D eigenvalue weighted by Crippen LogP contribution is 2.28. The number of rotatable bonds is 9. The number of carbonyl (C=O) groups is 1. The predicted molar refractivity (Wildman–Crippen MR) is 141 cm³/mol. The first-order valence-corrected chi connectivity index (χ1v) is 12.1. The van der Waals surface area contributed by atoms with Gasteiger partial charge in [0.25, 0.3) is 5.91 Å². The average Bonchev–Trinajstić information content (AvgIpc) is 3.28. The van der Waals surface area contributed by atoms with Gasteiger partial charge in [0.2, 0.25) is 0 Å². The summed E-state index contributed by atoms with van der Waals surface area (Å²) in [7, 11) is 2.06. The fraction of sp³-hybridized carbons (Fsp3) is 0.321. The van der Waals surface area contributed by atoms with Gasteiger partial charge in [0.15, 0.2) is 5.65 Å². The first-order valence-electron chi connectivity index (χ1n) is 12.1. The number of hydrogen-bond acceptors (Lipinski definition) is 5. The molecule has 1 atom stereocenters. The number of likely N-dealkylation sites (N-methyl/N-ethyl adjacent to an activating group) is 1. The third-order valence-corrected chi connectivity index (χ3v) is 6.13. The van der Waals surface area contributed by atoms with E-state index in [0.29, 0.717) is 17.8 Å². The van der Waals surface area contributed by atoms with E-state index in [4.69, 9.17) is 10.7 Å². The summed E-state index contributed by atoms with van der Waals surface area (Å²) in [6, 6.07) is 20.1.